The summed E-state index contributed by atoms with van der Waals surface area (Å²) in [6.07, 6.45) is 6.16. The van der Waals surface area contributed by atoms with Crippen molar-refractivity contribution in [3.8, 4) is 0 Å². The summed E-state index contributed by atoms with van der Waals surface area (Å²) in [5, 5.41) is 13.9. The van der Waals surface area contributed by atoms with E-state index in [-0.39, 0.29) is 6.03 Å². The summed E-state index contributed by atoms with van der Waals surface area (Å²) in [7, 11) is 1.72. The van der Waals surface area contributed by atoms with E-state index in [1.54, 1.807) is 18.4 Å². The molecule has 3 rings (SSSR count). The summed E-state index contributed by atoms with van der Waals surface area (Å²) in [6.45, 7) is 0.453. The molecule has 1 aliphatic carbocycles. The van der Waals surface area contributed by atoms with Gasteiger partial charge in [-0.05, 0) is 25.7 Å². The van der Waals surface area contributed by atoms with Crippen LogP contribution in [0.2, 0.25) is 0 Å². The average Bonchev–Trinajstić information content (AvgIpc) is 3.03. The molecule has 0 radical (unpaired) electrons. The Balaban J connectivity index is 1.55. The smallest absolute Gasteiger partial charge is 0.320 e. The quantitative estimate of drug-likeness (QED) is 0.897. The lowest BCUT2D eigenvalue weighted by Gasteiger charge is -2.06. The number of rotatable bonds is 3. The molecule has 0 saturated carbocycles. The Kier molecular flexibility index (Phi) is 3.64. The van der Waals surface area contributed by atoms with Crippen LogP contribution >= 0.6 is 11.3 Å². The molecule has 2 aromatic rings. The average molecular weight is 292 g/mol. The molecule has 0 fully saturated rings. The number of hydrogen-bond donors (Lipinski definition) is 2. The molecule has 8 heteroatoms. The summed E-state index contributed by atoms with van der Waals surface area (Å²) >= 11 is 1.70. The van der Waals surface area contributed by atoms with Crippen molar-refractivity contribution in [1.82, 2.24) is 25.3 Å². The number of anilines is 1. The molecule has 2 aromatic heterocycles. The van der Waals surface area contributed by atoms with Crippen molar-refractivity contribution in [3.63, 3.8) is 0 Å². The van der Waals surface area contributed by atoms with Gasteiger partial charge in [0.05, 0.1) is 18.4 Å². The molecule has 7 nitrogen and oxygen atoms in total. The number of carbonyl (C=O) groups excluding carboxylic acids is 1. The molecule has 20 heavy (non-hydrogen) atoms. The van der Waals surface area contributed by atoms with Crippen LogP contribution in [0.3, 0.4) is 0 Å². The van der Waals surface area contributed by atoms with Crippen molar-refractivity contribution >= 4 is 23.2 Å². The van der Waals surface area contributed by atoms with E-state index in [0.717, 1.165) is 17.8 Å². The van der Waals surface area contributed by atoms with Gasteiger partial charge in [-0.3, -0.25) is 5.32 Å². The highest BCUT2D eigenvalue weighted by molar-refractivity contribution is 7.11. The molecule has 0 atom stereocenters. The Hall–Kier alpha value is -1.96. The number of urea groups is 1. The number of nitrogens with zero attached hydrogens (tertiary/aromatic N) is 4. The van der Waals surface area contributed by atoms with Gasteiger partial charge < -0.3 is 5.32 Å². The summed E-state index contributed by atoms with van der Waals surface area (Å²) < 4.78 is 1.50. The maximum Gasteiger partial charge on any atom is 0.320 e. The van der Waals surface area contributed by atoms with Gasteiger partial charge in [-0.2, -0.15) is 0 Å². The van der Waals surface area contributed by atoms with Crippen LogP contribution in [0.1, 0.15) is 28.4 Å². The van der Waals surface area contributed by atoms with Gasteiger partial charge in [0.15, 0.2) is 5.82 Å². The van der Waals surface area contributed by atoms with Crippen LogP contribution in [-0.2, 0) is 26.4 Å². The van der Waals surface area contributed by atoms with Crippen LogP contribution in [0.5, 0.6) is 0 Å². The van der Waals surface area contributed by atoms with Crippen LogP contribution in [-0.4, -0.2) is 26.0 Å². The van der Waals surface area contributed by atoms with Crippen LogP contribution in [0.25, 0.3) is 0 Å². The minimum atomic E-state index is -0.274. The van der Waals surface area contributed by atoms with Crippen LogP contribution in [0, 0.1) is 0 Å². The summed E-state index contributed by atoms with van der Waals surface area (Å²) in [6, 6.07) is -0.274. The third kappa shape index (κ3) is 2.79. The maximum absolute atomic E-state index is 11.8. The number of amides is 2. The highest BCUT2D eigenvalue weighted by atomic mass is 32.1. The van der Waals surface area contributed by atoms with Gasteiger partial charge in [0.1, 0.15) is 5.01 Å². The molecule has 2 heterocycles. The Morgan fingerprint density at radius 1 is 1.45 bits per heavy atom. The Labute approximate surface area is 120 Å². The number of fused-ring (bicyclic) bond motifs is 1. The molecule has 0 bridgehead atoms. The topological polar surface area (TPSA) is 84.7 Å². The second kappa shape index (κ2) is 5.58. The summed E-state index contributed by atoms with van der Waals surface area (Å²) in [5.41, 5.74) is 1.22. The first-order valence-electron chi connectivity index (χ1n) is 6.59. The zero-order valence-corrected chi connectivity index (χ0v) is 12.0. The maximum atomic E-state index is 11.8. The number of thiazole rings is 1. The van der Waals surface area contributed by atoms with Gasteiger partial charge in [0.25, 0.3) is 0 Å². The SMILES string of the molecule is Cn1nncc1NC(=O)NCc1nc2c(s1)CCCC2. The van der Waals surface area contributed by atoms with Gasteiger partial charge in [-0.15, -0.1) is 16.4 Å². The van der Waals surface area contributed by atoms with Gasteiger partial charge in [-0.25, -0.2) is 14.5 Å². The van der Waals surface area contributed by atoms with E-state index in [1.807, 2.05) is 0 Å². The van der Waals surface area contributed by atoms with Gasteiger partial charge >= 0.3 is 6.03 Å². The van der Waals surface area contributed by atoms with E-state index in [2.05, 4.69) is 25.9 Å². The fourth-order valence-corrected chi connectivity index (χ4v) is 3.30. The minimum absolute atomic E-state index is 0.274. The number of aryl methyl sites for hydroxylation is 3. The lowest BCUT2D eigenvalue weighted by atomic mass is 10.0. The fraction of sp³-hybridized carbons (Fsp3) is 0.500. The van der Waals surface area contributed by atoms with E-state index < -0.39 is 0 Å². The normalized spacial score (nSPS) is 13.8. The van der Waals surface area contributed by atoms with E-state index >= 15 is 0 Å². The van der Waals surface area contributed by atoms with E-state index in [1.165, 1.54) is 34.3 Å². The zero-order valence-electron chi connectivity index (χ0n) is 11.2. The lowest BCUT2D eigenvalue weighted by molar-refractivity contribution is 0.251. The minimum Gasteiger partial charge on any atom is -0.331 e. The monoisotopic (exact) mass is 292 g/mol. The largest absolute Gasteiger partial charge is 0.331 e. The predicted octanol–water partition coefficient (Wildman–Crippen LogP) is 1.47. The van der Waals surface area contributed by atoms with Crippen molar-refractivity contribution < 1.29 is 4.79 Å². The highest BCUT2D eigenvalue weighted by Gasteiger charge is 2.15. The molecule has 0 unspecified atom stereocenters. The molecule has 0 aliphatic heterocycles. The standard InChI is InChI=1S/C12H16N6OS/c1-18-10(6-14-17-18)16-12(19)13-7-11-15-8-4-2-3-5-9(8)20-11/h6H,2-5,7H2,1H3,(H2,13,16,19). The second-order valence-electron chi connectivity index (χ2n) is 4.74. The first kappa shape index (κ1) is 13.0. The predicted molar refractivity (Wildman–Crippen MR) is 75.6 cm³/mol. The number of hydrogen-bond acceptors (Lipinski definition) is 5. The van der Waals surface area contributed by atoms with Gasteiger partial charge in [0.2, 0.25) is 0 Å². The molecule has 1 aliphatic rings. The third-order valence-corrected chi connectivity index (χ3v) is 4.40. The van der Waals surface area contributed by atoms with Crippen LogP contribution in [0.15, 0.2) is 6.20 Å². The van der Waals surface area contributed by atoms with Crippen molar-refractivity contribution in [2.24, 2.45) is 7.05 Å². The Morgan fingerprint density at radius 3 is 3.05 bits per heavy atom. The first-order valence-corrected chi connectivity index (χ1v) is 7.41. The molecule has 0 spiro atoms. The van der Waals surface area contributed by atoms with Crippen molar-refractivity contribution in [2.45, 2.75) is 32.2 Å². The summed E-state index contributed by atoms with van der Waals surface area (Å²) in [5.74, 6) is 0.556. The number of nitrogens with one attached hydrogen (secondary N) is 2. The third-order valence-electron chi connectivity index (χ3n) is 3.25. The zero-order chi connectivity index (χ0) is 13.9. The van der Waals surface area contributed by atoms with Crippen molar-refractivity contribution in [3.05, 3.63) is 21.8 Å². The molecular formula is C12H16N6OS. The van der Waals surface area contributed by atoms with Crippen LogP contribution in [0.4, 0.5) is 10.6 Å². The van der Waals surface area contributed by atoms with Crippen LogP contribution < -0.4 is 10.6 Å². The highest BCUT2D eigenvalue weighted by Crippen LogP contribution is 2.26. The number of aromatic nitrogens is 4. The molecule has 2 N–H and O–H groups in total. The lowest BCUT2D eigenvalue weighted by Crippen LogP contribution is -2.29. The van der Waals surface area contributed by atoms with E-state index in [4.69, 9.17) is 0 Å². The molecule has 0 aromatic carbocycles. The molecule has 0 saturated heterocycles. The molecular weight excluding hydrogens is 276 g/mol. The summed E-state index contributed by atoms with van der Waals surface area (Å²) in [4.78, 5) is 17.7. The molecule has 2 amide bonds. The molecule has 106 valence electrons. The fourth-order valence-electron chi connectivity index (χ4n) is 2.20. The van der Waals surface area contributed by atoms with Crippen molar-refractivity contribution in [1.29, 1.82) is 0 Å². The first-order chi connectivity index (χ1) is 9.72. The van der Waals surface area contributed by atoms with Gasteiger partial charge in [-0.1, -0.05) is 5.21 Å². The Morgan fingerprint density at radius 2 is 2.30 bits per heavy atom. The van der Waals surface area contributed by atoms with Crippen molar-refractivity contribution in [2.75, 3.05) is 5.32 Å². The van der Waals surface area contributed by atoms with E-state index in [0.29, 0.717) is 12.4 Å². The second-order valence-corrected chi connectivity index (χ2v) is 5.90. The number of carbonyl (C=O) groups is 1. The van der Waals surface area contributed by atoms with E-state index in [9.17, 15) is 4.79 Å². The Bertz CT molecular complexity index is 596. The van der Waals surface area contributed by atoms with Gasteiger partial charge in [0, 0.05) is 11.9 Å².